The van der Waals surface area contributed by atoms with E-state index < -0.39 is 5.82 Å². The summed E-state index contributed by atoms with van der Waals surface area (Å²) in [6.45, 7) is 0.572. The van der Waals surface area contributed by atoms with Gasteiger partial charge in [-0.1, -0.05) is 18.2 Å². The minimum Gasteiger partial charge on any atom is -0.494 e. The van der Waals surface area contributed by atoms with Gasteiger partial charge < -0.3 is 15.2 Å². The summed E-state index contributed by atoms with van der Waals surface area (Å²) in [4.78, 5) is 11.0. The lowest BCUT2D eigenvalue weighted by molar-refractivity contribution is -0.140. The molecule has 5 nitrogen and oxygen atoms in total. The number of ether oxygens (including phenoxy) is 2. The smallest absolute Gasteiger partial charge is 0.305 e. The van der Waals surface area contributed by atoms with Crippen molar-refractivity contribution in [3.8, 4) is 16.9 Å². The number of hydrogen-bond acceptors (Lipinski definition) is 4. The van der Waals surface area contributed by atoms with Gasteiger partial charge in [-0.15, -0.1) is 0 Å². The molecule has 0 spiro atoms. The number of nitrogen functional groups attached to an aromatic ring is 1. The van der Waals surface area contributed by atoms with Gasteiger partial charge >= 0.3 is 5.97 Å². The van der Waals surface area contributed by atoms with Crippen molar-refractivity contribution in [2.24, 2.45) is 5.73 Å². The molecular formula is C20H23FN2O3. The predicted molar refractivity (Wildman–Crippen MR) is 98.8 cm³/mol. The van der Waals surface area contributed by atoms with Crippen LogP contribution in [-0.2, 0) is 9.53 Å². The number of unbranched alkanes of at least 4 members (excludes halogenated alkanes) is 2. The van der Waals surface area contributed by atoms with E-state index in [1.807, 2.05) is 24.3 Å². The van der Waals surface area contributed by atoms with E-state index in [9.17, 15) is 9.18 Å². The van der Waals surface area contributed by atoms with E-state index in [-0.39, 0.29) is 17.4 Å². The Hall–Kier alpha value is -2.89. The van der Waals surface area contributed by atoms with Gasteiger partial charge in [-0.25, -0.2) is 4.39 Å². The minimum atomic E-state index is -0.512. The van der Waals surface area contributed by atoms with E-state index in [1.54, 1.807) is 6.07 Å². The summed E-state index contributed by atoms with van der Waals surface area (Å²) in [5, 5.41) is 7.32. The van der Waals surface area contributed by atoms with Gasteiger partial charge in [0, 0.05) is 6.42 Å². The van der Waals surface area contributed by atoms with E-state index in [4.69, 9.17) is 15.9 Å². The number of esters is 1. The molecule has 0 amide bonds. The maximum absolute atomic E-state index is 13.9. The number of carbonyl (C=O) groups is 1. The number of carbonyl (C=O) groups excluding carboxylic acids is 1. The predicted octanol–water partition coefficient (Wildman–Crippen LogP) is 3.89. The molecule has 0 aromatic heterocycles. The molecule has 2 aromatic carbocycles. The largest absolute Gasteiger partial charge is 0.494 e. The highest BCUT2D eigenvalue weighted by atomic mass is 19.1. The summed E-state index contributed by atoms with van der Waals surface area (Å²) >= 11 is 0. The molecule has 0 unspecified atom stereocenters. The molecule has 0 bridgehead atoms. The Balaban J connectivity index is 1.84. The molecule has 0 radical (unpaired) electrons. The molecule has 0 atom stereocenters. The first-order chi connectivity index (χ1) is 12.5. The molecule has 138 valence electrons. The van der Waals surface area contributed by atoms with Crippen molar-refractivity contribution in [1.82, 2.24) is 0 Å². The fraction of sp³-hybridized carbons (Fsp3) is 0.300. The Morgan fingerprint density at radius 1 is 1.08 bits per heavy atom. The zero-order chi connectivity index (χ0) is 18.9. The van der Waals surface area contributed by atoms with Crippen molar-refractivity contribution in [3.05, 3.63) is 53.8 Å². The van der Waals surface area contributed by atoms with Crippen LogP contribution in [0.5, 0.6) is 5.75 Å². The highest BCUT2D eigenvalue weighted by molar-refractivity contribution is 5.95. The van der Waals surface area contributed by atoms with E-state index >= 15 is 0 Å². The van der Waals surface area contributed by atoms with Crippen LogP contribution in [0.2, 0.25) is 0 Å². The molecule has 0 aliphatic carbocycles. The monoisotopic (exact) mass is 358 g/mol. The zero-order valence-corrected chi connectivity index (χ0v) is 14.8. The first-order valence-electron chi connectivity index (χ1n) is 8.45. The molecule has 0 aliphatic heterocycles. The first-order valence-corrected chi connectivity index (χ1v) is 8.45. The van der Waals surface area contributed by atoms with Gasteiger partial charge in [-0.3, -0.25) is 10.2 Å². The highest BCUT2D eigenvalue weighted by Crippen LogP contribution is 2.24. The van der Waals surface area contributed by atoms with Crippen molar-refractivity contribution in [2.45, 2.75) is 25.7 Å². The number of benzene rings is 2. The van der Waals surface area contributed by atoms with Gasteiger partial charge in [0.15, 0.2) is 0 Å². The molecule has 6 heteroatoms. The second kappa shape index (κ2) is 9.56. The fourth-order valence-electron chi connectivity index (χ4n) is 2.50. The van der Waals surface area contributed by atoms with Crippen LogP contribution in [0.25, 0.3) is 11.1 Å². The van der Waals surface area contributed by atoms with Crippen molar-refractivity contribution < 1.29 is 18.7 Å². The summed E-state index contributed by atoms with van der Waals surface area (Å²) < 4.78 is 24.2. The molecule has 2 aromatic rings. The maximum atomic E-state index is 13.9. The van der Waals surface area contributed by atoms with Crippen molar-refractivity contribution in [2.75, 3.05) is 13.7 Å². The third kappa shape index (κ3) is 5.58. The SMILES string of the molecule is COC(=O)CCCCCOc1ccc(-c2ccc(C(=N)N)c(F)c2)cc1. The second-order valence-electron chi connectivity index (χ2n) is 5.87. The van der Waals surface area contributed by atoms with Crippen molar-refractivity contribution in [1.29, 1.82) is 5.41 Å². The van der Waals surface area contributed by atoms with E-state index in [1.165, 1.54) is 19.2 Å². The second-order valence-corrected chi connectivity index (χ2v) is 5.87. The van der Waals surface area contributed by atoms with Gasteiger partial charge in [0.2, 0.25) is 0 Å². The van der Waals surface area contributed by atoms with Crippen LogP contribution in [0.4, 0.5) is 4.39 Å². The number of rotatable bonds is 9. The fourth-order valence-corrected chi connectivity index (χ4v) is 2.50. The minimum absolute atomic E-state index is 0.0981. The van der Waals surface area contributed by atoms with Crippen molar-refractivity contribution in [3.63, 3.8) is 0 Å². The average Bonchev–Trinajstić information content (AvgIpc) is 2.64. The molecule has 2 rings (SSSR count). The molecule has 3 N–H and O–H groups in total. The highest BCUT2D eigenvalue weighted by Gasteiger charge is 2.07. The average molecular weight is 358 g/mol. The lowest BCUT2D eigenvalue weighted by atomic mass is 10.0. The summed E-state index contributed by atoms with van der Waals surface area (Å²) in [5.74, 6) is -0.247. The van der Waals surface area contributed by atoms with Gasteiger partial charge in [0.1, 0.15) is 17.4 Å². The Morgan fingerprint density at radius 3 is 2.38 bits per heavy atom. The molecule has 26 heavy (non-hydrogen) atoms. The van der Waals surface area contributed by atoms with Crippen LogP contribution < -0.4 is 10.5 Å². The van der Waals surface area contributed by atoms with Crippen LogP contribution >= 0.6 is 0 Å². The van der Waals surface area contributed by atoms with Crippen LogP contribution in [0, 0.1) is 11.2 Å². The molecule has 0 saturated carbocycles. The topological polar surface area (TPSA) is 85.4 Å². The number of amidine groups is 1. The number of nitrogens with one attached hydrogen (secondary N) is 1. The summed E-state index contributed by atoms with van der Waals surface area (Å²) in [7, 11) is 1.39. The van der Waals surface area contributed by atoms with Crippen LogP contribution in [0.3, 0.4) is 0 Å². The van der Waals surface area contributed by atoms with Crippen LogP contribution in [-0.4, -0.2) is 25.5 Å². The summed E-state index contributed by atoms with van der Waals surface area (Å²) in [5.41, 5.74) is 6.99. The Bertz CT molecular complexity index is 760. The van der Waals surface area contributed by atoms with Crippen LogP contribution in [0.15, 0.2) is 42.5 Å². The van der Waals surface area contributed by atoms with Gasteiger partial charge in [-0.2, -0.15) is 0 Å². The third-order valence-corrected chi connectivity index (χ3v) is 3.97. The summed E-state index contributed by atoms with van der Waals surface area (Å²) in [6, 6.07) is 12.0. The van der Waals surface area contributed by atoms with Crippen LogP contribution in [0.1, 0.15) is 31.2 Å². The number of methoxy groups -OCH3 is 1. The number of halogens is 1. The quantitative estimate of drug-likeness (QED) is 0.308. The normalized spacial score (nSPS) is 10.4. The molecule has 0 heterocycles. The number of nitrogens with two attached hydrogens (primary N) is 1. The lowest BCUT2D eigenvalue weighted by Gasteiger charge is -2.08. The lowest BCUT2D eigenvalue weighted by Crippen LogP contribution is -2.13. The Kier molecular flexibility index (Phi) is 7.14. The van der Waals surface area contributed by atoms with Gasteiger partial charge in [-0.05, 0) is 54.7 Å². The van der Waals surface area contributed by atoms with Gasteiger partial charge in [0.05, 0.1) is 19.3 Å². The third-order valence-electron chi connectivity index (χ3n) is 3.97. The first kappa shape index (κ1) is 19.4. The number of hydrogen-bond donors (Lipinski definition) is 2. The summed E-state index contributed by atoms with van der Waals surface area (Å²) in [6.07, 6.45) is 2.98. The molecular weight excluding hydrogens is 335 g/mol. The molecule has 0 aliphatic rings. The van der Waals surface area contributed by atoms with E-state index in [0.717, 1.165) is 30.6 Å². The molecule has 0 saturated heterocycles. The Labute approximate surface area is 152 Å². The standard InChI is InChI=1S/C20H23FN2O3/c1-25-19(24)5-3-2-4-12-26-16-9-6-14(7-10-16)15-8-11-17(20(22)23)18(21)13-15/h6-11,13H,2-5,12H2,1H3,(H3,22,23). The molecule has 0 fully saturated rings. The van der Waals surface area contributed by atoms with E-state index in [0.29, 0.717) is 18.6 Å². The van der Waals surface area contributed by atoms with Gasteiger partial charge in [0.25, 0.3) is 0 Å². The zero-order valence-electron chi connectivity index (χ0n) is 14.8. The Morgan fingerprint density at radius 2 is 1.77 bits per heavy atom. The van der Waals surface area contributed by atoms with Crippen molar-refractivity contribution >= 4 is 11.8 Å². The van der Waals surface area contributed by atoms with E-state index in [2.05, 4.69) is 4.74 Å². The maximum Gasteiger partial charge on any atom is 0.305 e.